The number of nitrogens with one attached hydrogen (secondary N) is 2. The van der Waals surface area contributed by atoms with E-state index in [4.69, 9.17) is 5.73 Å². The van der Waals surface area contributed by atoms with Crippen molar-refractivity contribution < 1.29 is 4.79 Å². The Hall–Kier alpha value is -1.85. The fraction of sp³-hybridized carbons (Fsp3) is 0.615. The Morgan fingerprint density at radius 3 is 2.79 bits per heavy atom. The minimum atomic E-state index is 0.0407. The molecule has 0 fully saturated rings. The average molecular weight is 265 g/mol. The Labute approximate surface area is 114 Å². The third-order valence-corrected chi connectivity index (χ3v) is 2.47. The van der Waals surface area contributed by atoms with Gasteiger partial charge in [0, 0.05) is 32.0 Å². The molecule has 1 aromatic rings. The number of nitrogens with zero attached hydrogens (tertiary/aromatic N) is 2. The van der Waals surface area contributed by atoms with Gasteiger partial charge in [-0.2, -0.15) is 0 Å². The predicted octanol–water partition coefficient (Wildman–Crippen LogP) is 1.20. The Morgan fingerprint density at radius 1 is 1.42 bits per heavy atom. The molecule has 0 saturated carbocycles. The van der Waals surface area contributed by atoms with Crippen LogP contribution in [0.15, 0.2) is 6.07 Å². The Morgan fingerprint density at radius 2 is 2.16 bits per heavy atom. The van der Waals surface area contributed by atoms with Crippen molar-refractivity contribution in [2.45, 2.75) is 33.6 Å². The SMILES string of the molecule is CCc1nc(N)cc(NCCC(=O)NCC(C)C)n1. The monoisotopic (exact) mass is 265 g/mol. The highest BCUT2D eigenvalue weighted by Crippen LogP contribution is 2.08. The molecule has 19 heavy (non-hydrogen) atoms. The summed E-state index contributed by atoms with van der Waals surface area (Å²) < 4.78 is 0. The van der Waals surface area contributed by atoms with Gasteiger partial charge in [0.1, 0.15) is 17.5 Å². The Kier molecular flexibility index (Phi) is 6.05. The molecule has 0 unspecified atom stereocenters. The van der Waals surface area contributed by atoms with Gasteiger partial charge in [0.05, 0.1) is 0 Å². The van der Waals surface area contributed by atoms with E-state index in [1.807, 2.05) is 6.92 Å². The van der Waals surface area contributed by atoms with E-state index in [-0.39, 0.29) is 5.91 Å². The molecular formula is C13H23N5O. The average Bonchev–Trinajstić information content (AvgIpc) is 2.35. The molecule has 0 atom stereocenters. The lowest BCUT2D eigenvalue weighted by molar-refractivity contribution is -0.120. The summed E-state index contributed by atoms with van der Waals surface area (Å²) in [7, 11) is 0. The van der Waals surface area contributed by atoms with Crippen molar-refractivity contribution in [1.82, 2.24) is 15.3 Å². The highest BCUT2D eigenvalue weighted by Gasteiger charge is 2.04. The predicted molar refractivity (Wildman–Crippen MR) is 76.8 cm³/mol. The van der Waals surface area contributed by atoms with Crippen LogP contribution < -0.4 is 16.4 Å². The second kappa shape index (κ2) is 7.56. The standard InChI is InChI=1S/C13H23N5O/c1-4-11-17-10(14)7-12(18-11)15-6-5-13(19)16-8-9(2)3/h7,9H,4-6,8H2,1-3H3,(H,16,19)(H3,14,15,17,18). The van der Waals surface area contributed by atoms with Crippen molar-refractivity contribution in [3.8, 4) is 0 Å². The lowest BCUT2D eigenvalue weighted by Crippen LogP contribution is -2.28. The van der Waals surface area contributed by atoms with Crippen LogP contribution in [0.5, 0.6) is 0 Å². The molecule has 0 aliphatic rings. The molecule has 106 valence electrons. The number of hydrogen-bond donors (Lipinski definition) is 3. The largest absolute Gasteiger partial charge is 0.384 e. The maximum Gasteiger partial charge on any atom is 0.221 e. The summed E-state index contributed by atoms with van der Waals surface area (Å²) in [6.45, 7) is 7.34. The van der Waals surface area contributed by atoms with Gasteiger partial charge < -0.3 is 16.4 Å². The maximum absolute atomic E-state index is 11.5. The van der Waals surface area contributed by atoms with Crippen molar-refractivity contribution in [2.75, 3.05) is 24.1 Å². The molecule has 0 bridgehead atoms. The Balaban J connectivity index is 2.36. The topological polar surface area (TPSA) is 92.9 Å². The number of carbonyl (C=O) groups is 1. The molecule has 1 heterocycles. The van der Waals surface area contributed by atoms with Gasteiger partial charge in [-0.15, -0.1) is 0 Å². The number of aromatic nitrogens is 2. The molecule has 0 spiro atoms. The van der Waals surface area contributed by atoms with Crippen LogP contribution in [0.2, 0.25) is 0 Å². The molecule has 4 N–H and O–H groups in total. The molecule has 1 aromatic heterocycles. The molecule has 1 amide bonds. The van der Waals surface area contributed by atoms with Crippen LogP contribution in [0.1, 0.15) is 33.0 Å². The smallest absolute Gasteiger partial charge is 0.221 e. The third-order valence-electron chi connectivity index (χ3n) is 2.47. The van der Waals surface area contributed by atoms with Crippen molar-refractivity contribution in [3.05, 3.63) is 11.9 Å². The molecule has 0 radical (unpaired) electrons. The molecule has 6 nitrogen and oxygen atoms in total. The number of nitrogen functional groups attached to an aromatic ring is 1. The van der Waals surface area contributed by atoms with Crippen LogP contribution in [-0.2, 0) is 11.2 Å². The van der Waals surface area contributed by atoms with E-state index < -0.39 is 0 Å². The van der Waals surface area contributed by atoms with Crippen LogP contribution >= 0.6 is 0 Å². The second-order valence-electron chi connectivity index (χ2n) is 4.82. The zero-order valence-electron chi connectivity index (χ0n) is 11.9. The van der Waals surface area contributed by atoms with Gasteiger partial charge in [0.25, 0.3) is 0 Å². The molecule has 0 aliphatic carbocycles. The molecule has 0 aromatic carbocycles. The van der Waals surface area contributed by atoms with E-state index in [2.05, 4.69) is 34.4 Å². The first-order valence-electron chi connectivity index (χ1n) is 6.65. The van der Waals surface area contributed by atoms with Crippen LogP contribution in [0, 0.1) is 5.92 Å². The third kappa shape index (κ3) is 6.03. The first-order valence-corrected chi connectivity index (χ1v) is 6.65. The summed E-state index contributed by atoms with van der Waals surface area (Å²) in [5.74, 6) is 2.32. The maximum atomic E-state index is 11.5. The lowest BCUT2D eigenvalue weighted by Gasteiger charge is -2.09. The zero-order valence-corrected chi connectivity index (χ0v) is 11.9. The quantitative estimate of drug-likeness (QED) is 0.688. The van der Waals surface area contributed by atoms with E-state index in [1.165, 1.54) is 0 Å². The summed E-state index contributed by atoms with van der Waals surface area (Å²) in [6, 6.07) is 1.67. The minimum Gasteiger partial charge on any atom is -0.384 e. The van der Waals surface area contributed by atoms with E-state index in [0.717, 1.165) is 6.42 Å². The fourth-order valence-electron chi connectivity index (χ4n) is 1.48. The summed E-state index contributed by atoms with van der Waals surface area (Å²) in [6.07, 6.45) is 1.15. The van der Waals surface area contributed by atoms with Crippen LogP contribution in [0.25, 0.3) is 0 Å². The number of rotatable bonds is 7. The molecule has 6 heteroatoms. The highest BCUT2D eigenvalue weighted by molar-refractivity contribution is 5.76. The Bertz CT molecular complexity index is 419. The van der Waals surface area contributed by atoms with Crippen LogP contribution in [0.3, 0.4) is 0 Å². The summed E-state index contributed by atoms with van der Waals surface area (Å²) in [5, 5.41) is 5.95. The summed E-state index contributed by atoms with van der Waals surface area (Å²) in [4.78, 5) is 19.9. The molecule has 0 saturated heterocycles. The normalized spacial score (nSPS) is 10.5. The van der Waals surface area contributed by atoms with Gasteiger partial charge in [-0.05, 0) is 5.92 Å². The zero-order chi connectivity index (χ0) is 14.3. The van der Waals surface area contributed by atoms with Crippen LogP contribution in [-0.4, -0.2) is 29.0 Å². The fourth-order valence-corrected chi connectivity index (χ4v) is 1.48. The van der Waals surface area contributed by atoms with Crippen molar-refractivity contribution >= 4 is 17.5 Å². The van der Waals surface area contributed by atoms with Crippen LogP contribution in [0.4, 0.5) is 11.6 Å². The van der Waals surface area contributed by atoms with E-state index in [9.17, 15) is 4.79 Å². The molecular weight excluding hydrogens is 242 g/mol. The first kappa shape index (κ1) is 15.2. The van der Waals surface area contributed by atoms with Gasteiger partial charge in [-0.25, -0.2) is 9.97 Å². The number of hydrogen-bond acceptors (Lipinski definition) is 5. The van der Waals surface area contributed by atoms with Gasteiger partial charge in [0.2, 0.25) is 5.91 Å². The van der Waals surface area contributed by atoms with Gasteiger partial charge in [-0.3, -0.25) is 4.79 Å². The second-order valence-corrected chi connectivity index (χ2v) is 4.82. The number of amides is 1. The van der Waals surface area contributed by atoms with Crippen molar-refractivity contribution in [3.63, 3.8) is 0 Å². The highest BCUT2D eigenvalue weighted by atomic mass is 16.1. The molecule has 1 rings (SSSR count). The molecule has 0 aliphatic heterocycles. The number of anilines is 2. The van der Waals surface area contributed by atoms with E-state index >= 15 is 0 Å². The summed E-state index contributed by atoms with van der Waals surface area (Å²) in [5.41, 5.74) is 5.68. The van der Waals surface area contributed by atoms with E-state index in [1.54, 1.807) is 6.07 Å². The van der Waals surface area contributed by atoms with Gasteiger partial charge >= 0.3 is 0 Å². The number of carbonyl (C=O) groups excluding carboxylic acids is 1. The van der Waals surface area contributed by atoms with Crippen molar-refractivity contribution in [1.29, 1.82) is 0 Å². The summed E-state index contributed by atoms with van der Waals surface area (Å²) >= 11 is 0. The van der Waals surface area contributed by atoms with E-state index in [0.29, 0.717) is 42.9 Å². The number of nitrogens with two attached hydrogens (primary N) is 1. The van der Waals surface area contributed by atoms with Gasteiger partial charge in [0.15, 0.2) is 0 Å². The van der Waals surface area contributed by atoms with Crippen molar-refractivity contribution in [2.24, 2.45) is 5.92 Å². The van der Waals surface area contributed by atoms with Gasteiger partial charge in [-0.1, -0.05) is 20.8 Å². The minimum absolute atomic E-state index is 0.0407. The lowest BCUT2D eigenvalue weighted by atomic mass is 10.2. The first-order chi connectivity index (χ1) is 9.01. The number of aryl methyl sites for hydroxylation is 1.